The Morgan fingerprint density at radius 1 is 1.28 bits per heavy atom. The number of carbonyl (C=O) groups is 1. The fourth-order valence-corrected chi connectivity index (χ4v) is 1.69. The van der Waals surface area contributed by atoms with Gasteiger partial charge in [0, 0.05) is 26.7 Å². The van der Waals surface area contributed by atoms with Crippen LogP contribution >= 0.6 is 0 Å². The molecule has 0 aliphatic rings. The Bertz CT molecular complexity index is 201. The highest BCUT2D eigenvalue weighted by Gasteiger charge is 2.11. The zero-order valence-corrected chi connectivity index (χ0v) is 11.8. The maximum atomic E-state index is 11.9. The van der Waals surface area contributed by atoms with Crippen molar-refractivity contribution in [1.82, 2.24) is 10.2 Å². The van der Waals surface area contributed by atoms with Crippen LogP contribution in [-0.2, 0) is 9.53 Å². The monoisotopic (exact) mass is 260 g/mol. The predicted octanol–water partition coefficient (Wildman–Crippen LogP) is 0.624. The van der Waals surface area contributed by atoms with E-state index in [1.165, 1.54) is 12.8 Å². The number of methoxy groups -OCH3 is 1. The highest BCUT2D eigenvalue weighted by molar-refractivity contribution is 5.78. The minimum atomic E-state index is 0.0254. The molecule has 0 aliphatic heterocycles. The van der Waals surface area contributed by atoms with E-state index in [4.69, 9.17) is 9.84 Å². The number of aliphatic hydroxyl groups is 1. The summed E-state index contributed by atoms with van der Waals surface area (Å²) in [5.41, 5.74) is 0. The van der Waals surface area contributed by atoms with Crippen LogP contribution in [0, 0.1) is 0 Å². The Labute approximate surface area is 110 Å². The van der Waals surface area contributed by atoms with Crippen molar-refractivity contribution in [2.24, 2.45) is 0 Å². The first kappa shape index (κ1) is 17.4. The van der Waals surface area contributed by atoms with Crippen LogP contribution in [0.5, 0.6) is 0 Å². The molecule has 0 saturated carbocycles. The molecule has 18 heavy (non-hydrogen) atoms. The average Bonchev–Trinajstić information content (AvgIpc) is 2.38. The summed E-state index contributed by atoms with van der Waals surface area (Å²) in [7, 11) is 1.63. The first-order valence-electron chi connectivity index (χ1n) is 6.84. The van der Waals surface area contributed by atoms with E-state index in [9.17, 15) is 4.79 Å². The number of hydrogen-bond acceptors (Lipinski definition) is 4. The van der Waals surface area contributed by atoms with E-state index in [1.54, 1.807) is 12.0 Å². The van der Waals surface area contributed by atoms with E-state index in [2.05, 4.69) is 12.2 Å². The van der Waals surface area contributed by atoms with Gasteiger partial charge in [-0.3, -0.25) is 4.79 Å². The summed E-state index contributed by atoms with van der Waals surface area (Å²) in [4.78, 5) is 13.6. The molecule has 0 aromatic carbocycles. The van der Waals surface area contributed by atoms with Gasteiger partial charge in [-0.25, -0.2) is 0 Å². The lowest BCUT2D eigenvalue weighted by atomic mass is 10.2. The zero-order valence-electron chi connectivity index (χ0n) is 11.8. The number of amides is 1. The number of nitrogens with zero attached hydrogens (tertiary/aromatic N) is 1. The van der Waals surface area contributed by atoms with Gasteiger partial charge < -0.3 is 20.1 Å². The van der Waals surface area contributed by atoms with Gasteiger partial charge in [0.15, 0.2) is 0 Å². The molecule has 0 aromatic heterocycles. The van der Waals surface area contributed by atoms with Crippen LogP contribution in [0.1, 0.15) is 32.6 Å². The number of ether oxygens (including phenoxy) is 1. The number of unbranched alkanes of at least 4 members (excludes halogenated alkanes) is 3. The Balaban J connectivity index is 3.79. The Morgan fingerprint density at radius 3 is 2.67 bits per heavy atom. The number of aliphatic hydroxyl groups excluding tert-OH is 1. The quantitative estimate of drug-likeness (QED) is 0.505. The molecule has 0 aliphatic carbocycles. The molecule has 5 heteroatoms. The second-order valence-corrected chi connectivity index (χ2v) is 4.33. The minimum absolute atomic E-state index is 0.0254. The Morgan fingerprint density at radius 2 is 2.06 bits per heavy atom. The van der Waals surface area contributed by atoms with Gasteiger partial charge in [-0.1, -0.05) is 26.2 Å². The fourth-order valence-electron chi connectivity index (χ4n) is 1.69. The molecular weight excluding hydrogens is 232 g/mol. The normalized spacial score (nSPS) is 10.6. The van der Waals surface area contributed by atoms with E-state index < -0.39 is 0 Å². The third-order valence-electron chi connectivity index (χ3n) is 2.76. The highest BCUT2D eigenvalue weighted by Crippen LogP contribution is 2.01. The van der Waals surface area contributed by atoms with E-state index in [0.717, 1.165) is 19.4 Å². The Hall–Kier alpha value is -0.650. The number of nitrogens with one attached hydrogen (secondary N) is 1. The first-order chi connectivity index (χ1) is 8.76. The molecule has 0 atom stereocenters. The SMILES string of the molecule is CCCCCCN(CCO)C(=O)CNCCOC. The first-order valence-corrected chi connectivity index (χ1v) is 6.84. The third-order valence-corrected chi connectivity index (χ3v) is 2.76. The van der Waals surface area contributed by atoms with Crippen LogP contribution in [0.15, 0.2) is 0 Å². The van der Waals surface area contributed by atoms with Crippen molar-refractivity contribution in [2.75, 3.05) is 46.5 Å². The number of hydrogen-bond donors (Lipinski definition) is 2. The number of rotatable bonds is 12. The molecule has 0 saturated heterocycles. The second kappa shape index (κ2) is 12.8. The van der Waals surface area contributed by atoms with Crippen molar-refractivity contribution < 1.29 is 14.6 Å². The van der Waals surface area contributed by atoms with E-state index in [-0.39, 0.29) is 12.5 Å². The van der Waals surface area contributed by atoms with Crippen molar-refractivity contribution in [3.63, 3.8) is 0 Å². The van der Waals surface area contributed by atoms with Gasteiger partial charge in [0.2, 0.25) is 5.91 Å². The average molecular weight is 260 g/mol. The van der Waals surface area contributed by atoms with Crippen LogP contribution < -0.4 is 5.32 Å². The van der Waals surface area contributed by atoms with Crippen LogP contribution in [0.25, 0.3) is 0 Å². The van der Waals surface area contributed by atoms with E-state index in [0.29, 0.717) is 26.2 Å². The van der Waals surface area contributed by atoms with Crippen molar-refractivity contribution in [1.29, 1.82) is 0 Å². The van der Waals surface area contributed by atoms with Gasteiger partial charge in [-0.15, -0.1) is 0 Å². The summed E-state index contributed by atoms with van der Waals surface area (Å²) < 4.78 is 4.90. The predicted molar refractivity (Wildman–Crippen MR) is 72.6 cm³/mol. The molecule has 0 fully saturated rings. The van der Waals surface area contributed by atoms with Crippen LogP contribution in [0.3, 0.4) is 0 Å². The summed E-state index contributed by atoms with van der Waals surface area (Å²) in [6, 6.07) is 0. The summed E-state index contributed by atoms with van der Waals surface area (Å²) in [5.74, 6) is 0.0525. The van der Waals surface area contributed by atoms with Crippen molar-refractivity contribution in [3.8, 4) is 0 Å². The van der Waals surface area contributed by atoms with Gasteiger partial charge in [0.25, 0.3) is 0 Å². The van der Waals surface area contributed by atoms with Gasteiger partial charge in [-0.2, -0.15) is 0 Å². The molecule has 0 heterocycles. The van der Waals surface area contributed by atoms with Gasteiger partial charge in [0.05, 0.1) is 19.8 Å². The fraction of sp³-hybridized carbons (Fsp3) is 0.923. The number of carbonyl (C=O) groups excluding carboxylic acids is 1. The second-order valence-electron chi connectivity index (χ2n) is 4.33. The molecule has 0 unspecified atom stereocenters. The smallest absolute Gasteiger partial charge is 0.236 e. The maximum Gasteiger partial charge on any atom is 0.236 e. The molecule has 1 amide bonds. The van der Waals surface area contributed by atoms with Gasteiger partial charge in [-0.05, 0) is 6.42 Å². The molecule has 108 valence electrons. The molecule has 0 spiro atoms. The van der Waals surface area contributed by atoms with Crippen LogP contribution in [0.4, 0.5) is 0 Å². The summed E-state index contributed by atoms with van der Waals surface area (Å²) in [6.45, 7) is 4.95. The summed E-state index contributed by atoms with van der Waals surface area (Å²) in [6.07, 6.45) is 4.54. The maximum absolute atomic E-state index is 11.9. The van der Waals surface area contributed by atoms with Crippen LogP contribution in [-0.4, -0.2) is 62.4 Å². The summed E-state index contributed by atoms with van der Waals surface area (Å²) in [5, 5.41) is 12.0. The molecule has 5 nitrogen and oxygen atoms in total. The third kappa shape index (κ3) is 9.39. The highest BCUT2D eigenvalue weighted by atomic mass is 16.5. The molecule has 0 aromatic rings. The molecule has 2 N–H and O–H groups in total. The zero-order chi connectivity index (χ0) is 13.6. The lowest BCUT2D eigenvalue weighted by Gasteiger charge is -2.22. The standard InChI is InChI=1S/C13H28N2O3/c1-3-4-5-6-8-15(9-10-16)13(17)12-14-7-11-18-2/h14,16H,3-12H2,1-2H3. The van der Waals surface area contributed by atoms with E-state index in [1.807, 2.05) is 0 Å². The summed E-state index contributed by atoms with van der Waals surface area (Å²) >= 11 is 0. The van der Waals surface area contributed by atoms with Crippen molar-refractivity contribution >= 4 is 5.91 Å². The largest absolute Gasteiger partial charge is 0.395 e. The topological polar surface area (TPSA) is 61.8 Å². The van der Waals surface area contributed by atoms with Gasteiger partial charge in [0.1, 0.15) is 0 Å². The van der Waals surface area contributed by atoms with E-state index >= 15 is 0 Å². The molecule has 0 radical (unpaired) electrons. The lowest BCUT2D eigenvalue weighted by molar-refractivity contribution is -0.130. The molecule has 0 rings (SSSR count). The van der Waals surface area contributed by atoms with Gasteiger partial charge >= 0.3 is 0 Å². The lowest BCUT2D eigenvalue weighted by Crippen LogP contribution is -2.41. The van der Waals surface area contributed by atoms with Crippen molar-refractivity contribution in [2.45, 2.75) is 32.6 Å². The Kier molecular flexibility index (Phi) is 12.3. The van der Waals surface area contributed by atoms with Crippen molar-refractivity contribution in [3.05, 3.63) is 0 Å². The minimum Gasteiger partial charge on any atom is -0.395 e. The molecular formula is C13H28N2O3. The van der Waals surface area contributed by atoms with Crippen LogP contribution in [0.2, 0.25) is 0 Å². The molecule has 0 bridgehead atoms.